The fraction of sp³-hybridized carbons (Fsp3) is 0.619. The van der Waals surface area contributed by atoms with Gasteiger partial charge >= 0.3 is 5.97 Å². The van der Waals surface area contributed by atoms with Gasteiger partial charge in [-0.25, -0.2) is 4.79 Å². The van der Waals surface area contributed by atoms with Gasteiger partial charge in [-0.05, 0) is 37.8 Å². The summed E-state index contributed by atoms with van der Waals surface area (Å²) in [4.78, 5) is 27.2. The highest BCUT2D eigenvalue weighted by molar-refractivity contribution is 5.95. The van der Waals surface area contributed by atoms with Crippen molar-refractivity contribution in [3.05, 3.63) is 35.4 Å². The summed E-state index contributed by atoms with van der Waals surface area (Å²) in [6, 6.07) is 7.57. The number of hydrogen-bond acceptors (Lipinski definition) is 4. The van der Waals surface area contributed by atoms with E-state index < -0.39 is 12.1 Å². The Balaban J connectivity index is 1.50. The zero-order valence-corrected chi connectivity index (χ0v) is 15.6. The first-order valence-electron chi connectivity index (χ1n) is 9.74. The number of benzene rings is 1. The van der Waals surface area contributed by atoms with Crippen LogP contribution in [-0.2, 0) is 20.7 Å². The molecule has 26 heavy (non-hydrogen) atoms. The first-order valence-corrected chi connectivity index (χ1v) is 9.74. The topological polar surface area (TPSA) is 55.8 Å². The Kier molecular flexibility index (Phi) is 4.51. The maximum Gasteiger partial charge on any atom is 0.339 e. The van der Waals surface area contributed by atoms with Gasteiger partial charge in [0.15, 0.2) is 6.10 Å². The highest BCUT2D eigenvalue weighted by Crippen LogP contribution is 2.56. The van der Waals surface area contributed by atoms with Gasteiger partial charge in [-0.3, -0.25) is 4.79 Å². The van der Waals surface area contributed by atoms with Gasteiger partial charge in [0, 0.05) is 31.5 Å². The smallest absolute Gasteiger partial charge is 0.339 e. The summed E-state index contributed by atoms with van der Waals surface area (Å²) >= 11 is 0. The van der Waals surface area contributed by atoms with Gasteiger partial charge in [0.05, 0.1) is 11.7 Å². The molecule has 5 nitrogen and oxygen atoms in total. The van der Waals surface area contributed by atoms with Gasteiger partial charge in [-0.2, -0.15) is 0 Å². The highest BCUT2D eigenvalue weighted by atomic mass is 16.5. The molecule has 2 saturated carbocycles. The van der Waals surface area contributed by atoms with E-state index >= 15 is 0 Å². The number of ether oxygens (including phenoxy) is 2. The van der Waals surface area contributed by atoms with Crippen molar-refractivity contribution in [1.29, 1.82) is 0 Å². The molecule has 1 aromatic rings. The minimum absolute atomic E-state index is 0.0842. The molecule has 140 valence electrons. The Labute approximate surface area is 154 Å². The van der Waals surface area contributed by atoms with E-state index in [2.05, 4.69) is 0 Å². The standard InChI is InChI=1S/C21H27NO4/c1-3-25-18-13-17(21(18)10-6-7-11-21)22(2)19(23)16-12-14-8-4-5-9-15(14)20(24)26-16/h4-5,8-9,16-18H,3,6-7,10-13H2,1-2H3/t16-,17+,18-/m1/s1. The van der Waals surface area contributed by atoms with Gasteiger partial charge in [0.25, 0.3) is 5.91 Å². The van der Waals surface area contributed by atoms with E-state index in [0.717, 1.165) is 24.8 Å². The van der Waals surface area contributed by atoms with Crippen molar-refractivity contribution in [1.82, 2.24) is 4.90 Å². The molecule has 3 atom stereocenters. The lowest BCUT2D eigenvalue weighted by molar-refractivity contribution is -0.177. The number of hydrogen-bond donors (Lipinski definition) is 0. The van der Waals surface area contributed by atoms with Gasteiger partial charge in [-0.15, -0.1) is 0 Å². The monoisotopic (exact) mass is 357 g/mol. The van der Waals surface area contributed by atoms with Crippen LogP contribution < -0.4 is 0 Å². The average Bonchev–Trinajstić information content (AvgIpc) is 3.16. The third kappa shape index (κ3) is 2.64. The predicted octanol–water partition coefficient (Wildman–Crippen LogP) is 2.96. The van der Waals surface area contributed by atoms with E-state index in [1.807, 2.05) is 37.1 Å². The van der Waals surface area contributed by atoms with Crippen molar-refractivity contribution in [3.63, 3.8) is 0 Å². The molecule has 1 spiro atoms. The van der Waals surface area contributed by atoms with E-state index in [0.29, 0.717) is 18.6 Å². The second-order valence-electron chi connectivity index (χ2n) is 7.84. The lowest BCUT2D eigenvalue weighted by Gasteiger charge is -2.57. The minimum atomic E-state index is -0.716. The van der Waals surface area contributed by atoms with Crippen LogP contribution in [0.25, 0.3) is 0 Å². The van der Waals surface area contributed by atoms with Crippen molar-refractivity contribution in [2.24, 2.45) is 5.41 Å². The molecular weight excluding hydrogens is 330 g/mol. The lowest BCUT2D eigenvalue weighted by Crippen LogP contribution is -2.65. The van der Waals surface area contributed by atoms with Crippen molar-refractivity contribution in [3.8, 4) is 0 Å². The number of esters is 1. The van der Waals surface area contributed by atoms with Crippen LogP contribution in [-0.4, -0.2) is 48.7 Å². The molecule has 5 heteroatoms. The Bertz CT molecular complexity index is 710. The van der Waals surface area contributed by atoms with Crippen LogP contribution in [0, 0.1) is 5.41 Å². The summed E-state index contributed by atoms with van der Waals surface area (Å²) in [5.74, 6) is -0.478. The number of cyclic esters (lactones) is 1. The molecule has 0 aromatic heterocycles. The Hall–Kier alpha value is -1.88. The Morgan fingerprint density at radius 3 is 2.77 bits per heavy atom. The van der Waals surface area contributed by atoms with E-state index in [4.69, 9.17) is 9.47 Å². The average molecular weight is 357 g/mol. The first kappa shape index (κ1) is 17.5. The molecule has 0 unspecified atom stereocenters. The second kappa shape index (κ2) is 6.69. The maximum absolute atomic E-state index is 13.1. The zero-order valence-electron chi connectivity index (χ0n) is 15.6. The van der Waals surface area contributed by atoms with Crippen molar-refractivity contribution in [2.75, 3.05) is 13.7 Å². The normalized spacial score (nSPS) is 29.0. The molecule has 0 radical (unpaired) electrons. The quantitative estimate of drug-likeness (QED) is 0.778. The number of rotatable bonds is 4. The molecule has 1 heterocycles. The van der Waals surface area contributed by atoms with E-state index in [9.17, 15) is 9.59 Å². The minimum Gasteiger partial charge on any atom is -0.448 e. The van der Waals surface area contributed by atoms with E-state index in [1.54, 1.807) is 6.07 Å². The molecule has 0 N–H and O–H groups in total. The fourth-order valence-corrected chi connectivity index (χ4v) is 5.24. The number of carbonyl (C=O) groups excluding carboxylic acids is 2. The zero-order chi connectivity index (χ0) is 18.3. The molecule has 1 amide bonds. The second-order valence-corrected chi connectivity index (χ2v) is 7.84. The molecule has 0 bridgehead atoms. The van der Waals surface area contributed by atoms with Crippen LogP contribution in [0.4, 0.5) is 0 Å². The van der Waals surface area contributed by atoms with Crippen LogP contribution in [0.15, 0.2) is 24.3 Å². The largest absolute Gasteiger partial charge is 0.448 e. The van der Waals surface area contributed by atoms with Gasteiger partial charge in [-0.1, -0.05) is 31.0 Å². The molecule has 0 saturated heterocycles. The van der Waals surface area contributed by atoms with Crippen molar-refractivity contribution < 1.29 is 19.1 Å². The molecular formula is C21H27NO4. The van der Waals surface area contributed by atoms with Crippen LogP contribution in [0.2, 0.25) is 0 Å². The Morgan fingerprint density at radius 2 is 2.04 bits per heavy atom. The first-order chi connectivity index (χ1) is 12.6. The lowest BCUT2D eigenvalue weighted by atomic mass is 9.60. The number of likely N-dealkylation sites (N-methyl/N-ethyl adjacent to an activating group) is 1. The molecule has 2 aliphatic carbocycles. The summed E-state index contributed by atoms with van der Waals surface area (Å²) in [6.07, 6.45) is 5.52. The molecule has 4 rings (SSSR count). The number of nitrogens with zero attached hydrogens (tertiary/aromatic N) is 1. The number of amides is 1. The van der Waals surface area contributed by atoms with E-state index in [-0.39, 0.29) is 23.5 Å². The van der Waals surface area contributed by atoms with Gasteiger partial charge < -0.3 is 14.4 Å². The summed E-state index contributed by atoms with van der Waals surface area (Å²) in [6.45, 7) is 2.75. The summed E-state index contributed by atoms with van der Waals surface area (Å²) in [5, 5.41) is 0. The molecule has 1 aromatic carbocycles. The van der Waals surface area contributed by atoms with Gasteiger partial charge in [0.2, 0.25) is 0 Å². The third-order valence-corrected chi connectivity index (χ3v) is 6.63. The van der Waals surface area contributed by atoms with Crippen LogP contribution in [0.3, 0.4) is 0 Å². The number of carbonyl (C=O) groups is 2. The fourth-order valence-electron chi connectivity index (χ4n) is 5.24. The Morgan fingerprint density at radius 1 is 1.31 bits per heavy atom. The van der Waals surface area contributed by atoms with Crippen LogP contribution in [0.1, 0.15) is 54.9 Å². The van der Waals surface area contributed by atoms with Gasteiger partial charge in [0.1, 0.15) is 0 Å². The maximum atomic E-state index is 13.1. The predicted molar refractivity (Wildman–Crippen MR) is 96.8 cm³/mol. The molecule has 1 aliphatic heterocycles. The van der Waals surface area contributed by atoms with Crippen LogP contribution >= 0.6 is 0 Å². The van der Waals surface area contributed by atoms with Crippen LogP contribution in [0.5, 0.6) is 0 Å². The summed E-state index contributed by atoms with van der Waals surface area (Å²) in [5.41, 5.74) is 1.56. The summed E-state index contributed by atoms with van der Waals surface area (Å²) in [7, 11) is 1.86. The SMILES string of the molecule is CCO[C@@H]1C[C@H](N(C)C(=O)[C@H]2Cc3ccccc3C(=O)O2)C12CCCC2. The summed E-state index contributed by atoms with van der Waals surface area (Å²) < 4.78 is 11.4. The number of fused-ring (bicyclic) bond motifs is 1. The third-order valence-electron chi connectivity index (χ3n) is 6.63. The molecule has 3 aliphatic rings. The highest BCUT2D eigenvalue weighted by Gasteiger charge is 2.59. The van der Waals surface area contributed by atoms with E-state index in [1.165, 1.54) is 12.8 Å². The van der Waals surface area contributed by atoms with Crippen molar-refractivity contribution in [2.45, 2.75) is 63.7 Å². The van der Waals surface area contributed by atoms with Crippen molar-refractivity contribution >= 4 is 11.9 Å². The molecule has 2 fully saturated rings.